The van der Waals surface area contributed by atoms with Gasteiger partial charge >= 0.3 is 5.97 Å². The maximum absolute atomic E-state index is 11.6. The van der Waals surface area contributed by atoms with E-state index in [1.165, 1.54) is 41.0 Å². The zero-order valence-electron chi connectivity index (χ0n) is 17.1. The van der Waals surface area contributed by atoms with Crippen LogP contribution in [0.25, 0.3) is 16.4 Å². The maximum Gasteiger partial charge on any atom is 0.355 e. The topological polar surface area (TPSA) is 137 Å². The van der Waals surface area contributed by atoms with Gasteiger partial charge in [-0.15, -0.1) is 11.3 Å². The van der Waals surface area contributed by atoms with Gasteiger partial charge in [0.2, 0.25) is 15.2 Å². The van der Waals surface area contributed by atoms with Gasteiger partial charge in [-0.3, -0.25) is 0 Å². The molecule has 2 aromatic heterocycles. The van der Waals surface area contributed by atoms with Gasteiger partial charge < -0.3 is 9.84 Å². The number of benzene rings is 2. The number of nitrogens with two attached hydrogens (primary N) is 1. The summed E-state index contributed by atoms with van der Waals surface area (Å²) in [4.78, 5) is 15.6. The fourth-order valence-electron chi connectivity index (χ4n) is 3.41. The molecule has 1 fully saturated rings. The molecule has 1 saturated carbocycles. The van der Waals surface area contributed by atoms with Crippen LogP contribution in [0.5, 0.6) is 11.5 Å². The standard InChI is InChI=1S/C22H18N4O5S2/c23-33(29,30)16-10-8-15(9-11-16)31-20-18(13-6-7-13)25-26(19(20)14-4-2-1-3-5-14)22-24-17(12-32-22)21(27)28/h1-5,8-13H,6-7H2,(H,27,28)(H2,23,29,30). The van der Waals surface area contributed by atoms with Gasteiger partial charge in [0, 0.05) is 16.9 Å². The molecule has 2 aromatic carbocycles. The third-order valence-electron chi connectivity index (χ3n) is 5.14. The van der Waals surface area contributed by atoms with Crippen LogP contribution < -0.4 is 9.88 Å². The van der Waals surface area contributed by atoms with Gasteiger partial charge in [0.05, 0.1) is 4.90 Å². The van der Waals surface area contributed by atoms with Crippen molar-refractivity contribution < 1.29 is 23.1 Å². The Morgan fingerprint density at radius 3 is 2.39 bits per heavy atom. The molecule has 3 N–H and O–H groups in total. The van der Waals surface area contributed by atoms with Crippen molar-refractivity contribution >= 4 is 27.3 Å². The van der Waals surface area contributed by atoms with Gasteiger partial charge in [0.15, 0.2) is 11.4 Å². The molecule has 9 nitrogen and oxygen atoms in total. The Balaban J connectivity index is 1.66. The Bertz CT molecular complexity index is 1440. The van der Waals surface area contributed by atoms with Gasteiger partial charge in [-0.05, 0) is 37.1 Å². The number of carboxylic acids is 1. The van der Waals surface area contributed by atoms with Crippen LogP contribution in [0.1, 0.15) is 34.9 Å². The summed E-state index contributed by atoms with van der Waals surface area (Å²) in [5, 5.41) is 21.1. The average molecular weight is 483 g/mol. The van der Waals surface area contributed by atoms with E-state index in [4.69, 9.17) is 15.0 Å². The number of hydrogen-bond acceptors (Lipinski definition) is 7. The zero-order chi connectivity index (χ0) is 23.2. The van der Waals surface area contributed by atoms with Gasteiger partial charge in [-0.25, -0.2) is 28.0 Å². The fraction of sp³-hybridized carbons (Fsp3) is 0.136. The van der Waals surface area contributed by atoms with Crippen LogP contribution in [0.3, 0.4) is 0 Å². The monoisotopic (exact) mass is 482 g/mol. The summed E-state index contributed by atoms with van der Waals surface area (Å²) in [6, 6.07) is 15.3. The lowest BCUT2D eigenvalue weighted by atomic mass is 10.1. The molecule has 0 spiro atoms. The van der Waals surface area contributed by atoms with E-state index in [1.807, 2.05) is 30.3 Å². The lowest BCUT2D eigenvalue weighted by Crippen LogP contribution is -2.11. The first-order valence-electron chi connectivity index (χ1n) is 9.99. The van der Waals surface area contributed by atoms with Crippen molar-refractivity contribution in [3.05, 3.63) is 71.4 Å². The molecule has 5 rings (SSSR count). The molecule has 0 aliphatic heterocycles. The van der Waals surface area contributed by atoms with Crippen molar-refractivity contribution in [1.29, 1.82) is 0 Å². The Hall–Kier alpha value is -3.54. The number of carboxylic acid groups (broad SMARTS) is 1. The predicted molar refractivity (Wildman–Crippen MR) is 121 cm³/mol. The first kappa shape index (κ1) is 21.3. The molecule has 2 heterocycles. The third-order valence-corrected chi connectivity index (χ3v) is 6.89. The van der Waals surface area contributed by atoms with E-state index in [9.17, 15) is 18.3 Å². The average Bonchev–Trinajstić information content (AvgIpc) is 3.38. The number of sulfonamides is 1. The molecule has 0 radical (unpaired) electrons. The van der Waals surface area contributed by atoms with Crippen LogP contribution >= 0.6 is 11.3 Å². The first-order chi connectivity index (χ1) is 15.8. The molecule has 0 unspecified atom stereocenters. The Kier molecular flexibility index (Phi) is 5.23. The van der Waals surface area contributed by atoms with E-state index in [0.29, 0.717) is 22.3 Å². The van der Waals surface area contributed by atoms with Crippen LogP contribution in [0.4, 0.5) is 0 Å². The molecule has 0 atom stereocenters. The lowest BCUT2D eigenvalue weighted by Gasteiger charge is -2.10. The maximum atomic E-state index is 11.6. The smallest absolute Gasteiger partial charge is 0.355 e. The van der Waals surface area contributed by atoms with E-state index in [1.54, 1.807) is 4.68 Å². The molecule has 1 aliphatic rings. The molecule has 168 valence electrons. The first-order valence-corrected chi connectivity index (χ1v) is 12.4. The van der Waals surface area contributed by atoms with E-state index in [-0.39, 0.29) is 16.5 Å². The summed E-state index contributed by atoms with van der Waals surface area (Å²) in [6.45, 7) is 0. The van der Waals surface area contributed by atoms with Crippen molar-refractivity contribution in [2.45, 2.75) is 23.7 Å². The Labute approximate surface area is 193 Å². The summed E-state index contributed by atoms with van der Waals surface area (Å²) in [6.07, 6.45) is 1.93. The summed E-state index contributed by atoms with van der Waals surface area (Å²) < 4.78 is 31.0. The molecule has 0 saturated heterocycles. The third kappa shape index (κ3) is 4.25. The van der Waals surface area contributed by atoms with E-state index in [2.05, 4.69) is 4.98 Å². The minimum absolute atomic E-state index is 0.0137. The van der Waals surface area contributed by atoms with Gasteiger partial charge in [-0.1, -0.05) is 30.3 Å². The number of carbonyl (C=O) groups is 1. The number of aromatic carboxylic acids is 1. The molecule has 0 bridgehead atoms. The highest BCUT2D eigenvalue weighted by molar-refractivity contribution is 7.89. The quantitative estimate of drug-likeness (QED) is 0.406. The molecule has 1 aliphatic carbocycles. The number of nitrogens with zero attached hydrogens (tertiary/aromatic N) is 3. The molecule has 11 heteroatoms. The Morgan fingerprint density at radius 1 is 1.12 bits per heavy atom. The van der Waals surface area contributed by atoms with Gasteiger partial charge in [0.1, 0.15) is 17.1 Å². The summed E-state index contributed by atoms with van der Waals surface area (Å²) >= 11 is 1.18. The highest BCUT2D eigenvalue weighted by Crippen LogP contribution is 2.49. The minimum atomic E-state index is -3.82. The number of hydrogen-bond donors (Lipinski definition) is 2. The molecular weight excluding hydrogens is 464 g/mol. The summed E-state index contributed by atoms with van der Waals surface area (Å²) in [7, 11) is -3.82. The van der Waals surface area contributed by atoms with Crippen molar-refractivity contribution in [2.24, 2.45) is 5.14 Å². The minimum Gasteiger partial charge on any atom is -0.476 e. The molecule has 0 amide bonds. The van der Waals surface area contributed by atoms with Crippen molar-refractivity contribution in [3.8, 4) is 27.9 Å². The van der Waals surface area contributed by atoms with Crippen LogP contribution in [0.2, 0.25) is 0 Å². The van der Waals surface area contributed by atoms with Crippen molar-refractivity contribution in [1.82, 2.24) is 14.8 Å². The summed E-state index contributed by atoms with van der Waals surface area (Å²) in [5.74, 6) is 0.0524. The van der Waals surface area contributed by atoms with Crippen LogP contribution in [-0.2, 0) is 10.0 Å². The number of rotatable bonds is 7. The van der Waals surface area contributed by atoms with Crippen molar-refractivity contribution in [3.63, 3.8) is 0 Å². The second-order valence-corrected chi connectivity index (χ2v) is 9.95. The highest BCUT2D eigenvalue weighted by Gasteiger charge is 2.34. The Morgan fingerprint density at radius 2 is 1.82 bits per heavy atom. The lowest BCUT2D eigenvalue weighted by molar-refractivity contribution is 0.0691. The number of thiazole rings is 1. The van der Waals surface area contributed by atoms with E-state index in [0.717, 1.165) is 24.1 Å². The normalized spacial score (nSPS) is 13.7. The van der Waals surface area contributed by atoms with Crippen molar-refractivity contribution in [2.75, 3.05) is 0 Å². The number of ether oxygens (including phenoxy) is 1. The molecule has 4 aromatic rings. The van der Waals surface area contributed by atoms with Crippen LogP contribution in [-0.4, -0.2) is 34.3 Å². The largest absolute Gasteiger partial charge is 0.476 e. The van der Waals surface area contributed by atoms with E-state index < -0.39 is 16.0 Å². The molecule has 33 heavy (non-hydrogen) atoms. The van der Waals surface area contributed by atoms with Crippen LogP contribution in [0, 0.1) is 0 Å². The molecular formula is C22H18N4O5S2. The predicted octanol–water partition coefficient (Wildman–Crippen LogP) is 4.01. The number of aromatic nitrogens is 3. The van der Waals surface area contributed by atoms with Gasteiger partial charge in [-0.2, -0.15) is 5.10 Å². The fourth-order valence-corrected chi connectivity index (χ4v) is 4.68. The highest BCUT2D eigenvalue weighted by atomic mass is 32.2. The van der Waals surface area contributed by atoms with E-state index >= 15 is 0 Å². The van der Waals surface area contributed by atoms with Gasteiger partial charge in [0.25, 0.3) is 0 Å². The SMILES string of the molecule is NS(=O)(=O)c1ccc(Oc2c(C3CC3)nn(-c3nc(C(=O)O)cs3)c2-c2ccccc2)cc1. The zero-order valence-corrected chi connectivity index (χ0v) is 18.7. The number of primary sulfonamides is 1. The summed E-state index contributed by atoms with van der Waals surface area (Å²) in [5.41, 5.74) is 2.15. The van der Waals surface area contributed by atoms with Crippen LogP contribution in [0.15, 0.2) is 64.9 Å². The second-order valence-electron chi connectivity index (χ2n) is 7.55. The second kappa shape index (κ2) is 8.10.